The van der Waals surface area contributed by atoms with Gasteiger partial charge in [0, 0.05) is 81.0 Å². The Morgan fingerprint density at radius 3 is 2.11 bits per heavy atom. The Morgan fingerprint density at radius 2 is 1.41 bits per heavy atom. The van der Waals surface area contributed by atoms with Crippen molar-refractivity contribution in [3.8, 4) is 39.7 Å². The summed E-state index contributed by atoms with van der Waals surface area (Å²) < 4.78 is 12.6. The lowest BCUT2D eigenvalue weighted by atomic mass is 9.87. The number of phenols is 1. The zero-order chi connectivity index (χ0) is 53.6. The number of nitrogens with one attached hydrogen (secondary N) is 4. The molecule has 0 spiro atoms. The summed E-state index contributed by atoms with van der Waals surface area (Å²) in [5, 5.41) is 51.7. The summed E-state index contributed by atoms with van der Waals surface area (Å²) >= 11 is 14.0. The molecular formula is C57H43Cl2N4O12+. The third-order valence-electron chi connectivity index (χ3n) is 12.8. The normalized spacial score (nSPS) is 11.5. The Morgan fingerprint density at radius 1 is 0.693 bits per heavy atom. The van der Waals surface area contributed by atoms with Crippen LogP contribution in [0.3, 0.4) is 0 Å². The van der Waals surface area contributed by atoms with E-state index in [0.29, 0.717) is 50.9 Å². The number of ether oxygens (including phenoxy) is 1. The molecule has 16 nitrogen and oxygen atoms in total. The summed E-state index contributed by atoms with van der Waals surface area (Å²) in [5.74, 6) is -1.75. The number of aromatic hydroxyl groups is 1. The molecule has 0 saturated carbocycles. The third-order valence-corrected chi connectivity index (χ3v) is 13.5. The van der Waals surface area contributed by atoms with E-state index in [1.54, 1.807) is 25.2 Å². The van der Waals surface area contributed by atoms with Crippen LogP contribution in [0.2, 0.25) is 10.0 Å². The van der Waals surface area contributed by atoms with Gasteiger partial charge in [-0.15, -0.1) is 0 Å². The summed E-state index contributed by atoms with van der Waals surface area (Å²) in [6.45, 7) is 6.04. The van der Waals surface area contributed by atoms with Crippen molar-refractivity contribution in [2.24, 2.45) is 0 Å². The van der Waals surface area contributed by atoms with E-state index in [1.807, 2.05) is 39.0 Å². The first-order valence-corrected chi connectivity index (χ1v) is 23.9. The number of phenolic OH excluding ortho intramolecular Hbond substituents is 1. The number of aryl methyl sites for hydroxylation is 2. The molecule has 2 aliphatic heterocycles. The van der Waals surface area contributed by atoms with E-state index in [1.165, 1.54) is 60.7 Å². The van der Waals surface area contributed by atoms with Crippen LogP contribution in [-0.4, -0.2) is 69.6 Å². The molecule has 75 heavy (non-hydrogen) atoms. The topological polar surface area (TPSA) is 256 Å². The van der Waals surface area contributed by atoms with Crippen LogP contribution >= 0.6 is 23.2 Å². The van der Waals surface area contributed by atoms with Crippen LogP contribution in [0, 0.1) is 13.8 Å². The first-order chi connectivity index (χ1) is 35.9. The summed E-state index contributed by atoms with van der Waals surface area (Å²) in [7, 11) is 1.72. The van der Waals surface area contributed by atoms with Crippen molar-refractivity contribution >= 4 is 81.0 Å². The van der Waals surface area contributed by atoms with Gasteiger partial charge in [0.05, 0.1) is 49.6 Å². The van der Waals surface area contributed by atoms with E-state index in [0.717, 1.165) is 28.1 Å². The van der Waals surface area contributed by atoms with Gasteiger partial charge in [-0.05, 0) is 110 Å². The summed E-state index contributed by atoms with van der Waals surface area (Å²) in [5.41, 5.74) is 3.61. The smallest absolute Gasteiger partial charge is 0.337 e. The van der Waals surface area contributed by atoms with Crippen LogP contribution in [0.5, 0.6) is 17.2 Å². The molecular weight excluding hydrogens is 1000 g/mol. The van der Waals surface area contributed by atoms with Crippen LogP contribution in [-0.2, 0) is 13.1 Å². The fourth-order valence-electron chi connectivity index (χ4n) is 9.19. The number of anilines is 1. The molecule has 1 aliphatic carbocycles. The molecule has 6 aromatic carbocycles. The Hall–Kier alpha value is -9.21. The fourth-order valence-corrected chi connectivity index (χ4v) is 9.80. The van der Waals surface area contributed by atoms with Crippen LogP contribution in [0.1, 0.15) is 92.1 Å². The molecule has 3 aliphatic rings. The Bertz CT molecular complexity index is 3990. The average molecular weight is 1050 g/mol. The van der Waals surface area contributed by atoms with E-state index in [4.69, 9.17) is 32.4 Å². The minimum atomic E-state index is -1.42. The van der Waals surface area contributed by atoms with Gasteiger partial charge in [-0.25, -0.2) is 19.4 Å². The molecule has 0 aromatic heterocycles. The minimum Gasteiger partial charge on any atom is -0.507 e. The molecule has 2 amide bonds. The number of hydrogen-bond donors (Lipinski definition) is 8. The third kappa shape index (κ3) is 9.52. The van der Waals surface area contributed by atoms with E-state index >= 15 is 0 Å². The molecule has 376 valence electrons. The SMILES string of the molecule is CCNc1cc2c(cc1C)C(c1c(Cl)cc(C(=O)NCc3ccc(C(=O)NCc4c(O)ccc5c(-c6ccc(C(=O)O)cc6C(=O)O)c6ccc(=O)cc-6oc45)cc3)c(Cl)c1C(=O)O)=c1cc(C)c(=C=[NH+]C)cc1O2. The monoisotopic (exact) mass is 1050 g/mol. The standard InChI is InChI=1S/C57H42Cl2N4O12/c1-5-61-42-22-46-38(17-27(42)3)48(37-16-26(2)31(24-60-4)19-44(37)74-46)49-41(58)21-39(51(59)50(49)57(72)73)54(67)62-23-28-6-8-29(9-7-28)53(66)63-25-40-43(65)15-14-35-47(34-13-11-32(64)20-45(34)75-52(35)40)33-12-10-30(55(68)69)18-36(33)56(70)71/h6-22,61,65H,5,23,25H2,1-4H3,(H,62,67)(H,63,66)(H,68,69)(H,70,71)(H,72,73)/p+1. The highest BCUT2D eigenvalue weighted by atomic mass is 35.5. The predicted molar refractivity (Wildman–Crippen MR) is 281 cm³/mol. The van der Waals surface area contributed by atoms with Gasteiger partial charge in [0.1, 0.15) is 35.6 Å². The van der Waals surface area contributed by atoms with Crippen molar-refractivity contribution in [3.05, 3.63) is 195 Å². The van der Waals surface area contributed by atoms with Crippen LogP contribution < -0.4 is 41.5 Å². The number of halogens is 2. The fraction of sp³-hybridized carbons (Fsp3) is 0.123. The Labute approximate surface area is 435 Å². The van der Waals surface area contributed by atoms with Gasteiger partial charge in [-0.2, -0.15) is 0 Å². The van der Waals surface area contributed by atoms with Crippen molar-refractivity contribution in [1.82, 2.24) is 10.6 Å². The van der Waals surface area contributed by atoms with E-state index in [9.17, 15) is 49.2 Å². The first-order valence-electron chi connectivity index (χ1n) is 23.1. The maximum atomic E-state index is 13.9. The van der Waals surface area contributed by atoms with Gasteiger partial charge in [0.15, 0.2) is 11.3 Å². The minimum absolute atomic E-state index is 0.0260. The molecule has 8 N–H and O–H groups in total. The van der Waals surface area contributed by atoms with E-state index in [-0.39, 0.29) is 84.7 Å². The number of carbonyl (C=O) groups excluding carboxylic acids is 2. The number of fused-ring (bicyclic) bond motifs is 4. The van der Waals surface area contributed by atoms with Crippen molar-refractivity contribution in [3.63, 3.8) is 0 Å². The average Bonchev–Trinajstić information content (AvgIpc) is 3.37. The lowest BCUT2D eigenvalue weighted by Crippen LogP contribution is -2.62. The highest BCUT2D eigenvalue weighted by molar-refractivity contribution is 6.40. The van der Waals surface area contributed by atoms with Crippen LogP contribution in [0.4, 0.5) is 5.69 Å². The number of carboxylic acids is 3. The van der Waals surface area contributed by atoms with Crippen molar-refractivity contribution < 1.29 is 58.5 Å². The highest BCUT2D eigenvalue weighted by Crippen LogP contribution is 2.46. The van der Waals surface area contributed by atoms with Gasteiger partial charge in [-0.1, -0.05) is 41.4 Å². The van der Waals surface area contributed by atoms with Crippen LogP contribution in [0.25, 0.3) is 39.0 Å². The van der Waals surface area contributed by atoms with Gasteiger partial charge in [0.2, 0.25) is 0 Å². The number of rotatable bonds is 13. The molecule has 0 atom stereocenters. The molecule has 9 rings (SSSR count). The Balaban J connectivity index is 0.981. The molecule has 0 radical (unpaired) electrons. The number of hydrogen-bond acceptors (Lipinski definition) is 10. The number of carbonyl (C=O) groups is 5. The number of amides is 2. The second kappa shape index (κ2) is 20.4. The van der Waals surface area contributed by atoms with Crippen molar-refractivity contribution in [2.75, 3.05) is 18.9 Å². The van der Waals surface area contributed by atoms with Gasteiger partial charge < -0.3 is 45.5 Å². The lowest BCUT2D eigenvalue weighted by molar-refractivity contribution is -0.411. The molecule has 18 heteroatoms. The zero-order valence-corrected chi connectivity index (χ0v) is 41.8. The number of aromatic carboxylic acids is 3. The second-order valence-corrected chi connectivity index (χ2v) is 18.3. The second-order valence-electron chi connectivity index (χ2n) is 17.5. The maximum absolute atomic E-state index is 13.9. The summed E-state index contributed by atoms with van der Waals surface area (Å²) in [4.78, 5) is 80.4. The van der Waals surface area contributed by atoms with Crippen molar-refractivity contribution in [1.29, 1.82) is 0 Å². The molecule has 6 aromatic rings. The lowest BCUT2D eigenvalue weighted by Gasteiger charge is -2.25. The molecule has 0 fully saturated rings. The highest BCUT2D eigenvalue weighted by Gasteiger charge is 2.32. The van der Waals surface area contributed by atoms with Gasteiger partial charge in [-0.3, -0.25) is 14.4 Å². The summed E-state index contributed by atoms with van der Waals surface area (Å²) in [6, 6.07) is 25.3. The largest absolute Gasteiger partial charge is 0.507 e. The number of carboxylic acid groups (broad SMARTS) is 3. The van der Waals surface area contributed by atoms with Crippen molar-refractivity contribution in [2.45, 2.75) is 33.9 Å². The predicted octanol–water partition coefficient (Wildman–Crippen LogP) is 6.99. The van der Waals surface area contributed by atoms with Gasteiger partial charge >= 0.3 is 17.9 Å². The molecule has 0 unspecified atom stereocenters. The summed E-state index contributed by atoms with van der Waals surface area (Å²) in [6.07, 6.45) is 0. The number of benzene rings is 7. The molecule has 0 saturated heterocycles. The van der Waals surface area contributed by atoms with Gasteiger partial charge in [0.25, 0.3) is 11.8 Å². The van der Waals surface area contributed by atoms with Crippen LogP contribution in [0.15, 0.2) is 112 Å². The maximum Gasteiger partial charge on any atom is 0.337 e. The Kier molecular flexibility index (Phi) is 13.8. The molecule has 2 heterocycles. The zero-order valence-electron chi connectivity index (χ0n) is 40.2. The quantitative estimate of drug-likeness (QED) is 0.0429. The first kappa shape index (κ1) is 50.7. The van der Waals surface area contributed by atoms with E-state index < -0.39 is 40.7 Å². The van der Waals surface area contributed by atoms with E-state index in [2.05, 4.69) is 26.8 Å². The molecule has 0 bridgehead atoms.